The molecule has 0 unspecified atom stereocenters. The van der Waals surface area contributed by atoms with Crippen molar-refractivity contribution in [3.63, 3.8) is 0 Å². The van der Waals surface area contributed by atoms with Crippen LogP contribution in [-0.4, -0.2) is 17.5 Å². The molecule has 5 heteroatoms. The standard InChI is InChI=1S/C22H18ClFN2O/c23-17-11-9-16(10-12-17)21-18-6-2-1-5-15(18)13-14-26(21)22(27)25-20-8-4-3-7-19(20)24/h1-12,21H,13-14H2,(H,25,27)/t21-/m0/s1. The number of nitrogens with one attached hydrogen (secondary N) is 1. The number of hydrogen-bond donors (Lipinski definition) is 1. The second kappa shape index (κ2) is 7.41. The van der Waals surface area contributed by atoms with Crippen LogP contribution in [0.25, 0.3) is 0 Å². The van der Waals surface area contributed by atoms with Crippen molar-refractivity contribution in [2.24, 2.45) is 0 Å². The lowest BCUT2D eigenvalue weighted by Gasteiger charge is -2.37. The third kappa shape index (κ3) is 3.53. The first-order chi connectivity index (χ1) is 13.1. The van der Waals surface area contributed by atoms with E-state index in [4.69, 9.17) is 11.6 Å². The molecular weight excluding hydrogens is 363 g/mol. The summed E-state index contributed by atoms with van der Waals surface area (Å²) in [5, 5.41) is 3.35. The zero-order valence-electron chi connectivity index (χ0n) is 14.5. The summed E-state index contributed by atoms with van der Waals surface area (Å²) in [6, 6.07) is 21.2. The molecule has 0 saturated carbocycles. The van der Waals surface area contributed by atoms with Crippen LogP contribution in [0.5, 0.6) is 0 Å². The predicted molar refractivity (Wildman–Crippen MR) is 106 cm³/mol. The summed E-state index contributed by atoms with van der Waals surface area (Å²) in [4.78, 5) is 14.8. The third-order valence-electron chi connectivity index (χ3n) is 4.85. The summed E-state index contributed by atoms with van der Waals surface area (Å²) < 4.78 is 14.0. The van der Waals surface area contributed by atoms with Gasteiger partial charge in [0.25, 0.3) is 0 Å². The molecule has 0 bridgehead atoms. The Balaban J connectivity index is 1.71. The number of hydrogen-bond acceptors (Lipinski definition) is 1. The van der Waals surface area contributed by atoms with Gasteiger partial charge in [-0.15, -0.1) is 0 Å². The average Bonchev–Trinajstić information content (AvgIpc) is 2.69. The van der Waals surface area contributed by atoms with Crippen molar-refractivity contribution in [1.82, 2.24) is 4.90 Å². The average molecular weight is 381 g/mol. The van der Waals surface area contributed by atoms with E-state index in [1.807, 2.05) is 42.5 Å². The van der Waals surface area contributed by atoms with Gasteiger partial charge in [0.05, 0.1) is 11.7 Å². The summed E-state index contributed by atoms with van der Waals surface area (Å²) in [6.07, 6.45) is 0.755. The normalized spacial score (nSPS) is 15.9. The lowest BCUT2D eigenvalue weighted by atomic mass is 9.88. The van der Waals surface area contributed by atoms with E-state index < -0.39 is 5.82 Å². The molecule has 1 aliphatic rings. The number of nitrogens with zero attached hydrogens (tertiary/aromatic N) is 1. The van der Waals surface area contributed by atoms with Crippen molar-refractivity contribution in [2.75, 3.05) is 11.9 Å². The van der Waals surface area contributed by atoms with Crippen molar-refractivity contribution in [3.05, 3.63) is 100 Å². The van der Waals surface area contributed by atoms with Gasteiger partial charge in [0, 0.05) is 11.6 Å². The van der Waals surface area contributed by atoms with Crippen LogP contribution in [0.1, 0.15) is 22.7 Å². The molecule has 1 heterocycles. The fourth-order valence-corrected chi connectivity index (χ4v) is 3.67. The minimum atomic E-state index is -0.452. The summed E-state index contributed by atoms with van der Waals surface area (Å²) in [5.41, 5.74) is 3.44. The second-order valence-electron chi connectivity index (χ2n) is 6.51. The van der Waals surface area contributed by atoms with E-state index in [2.05, 4.69) is 11.4 Å². The predicted octanol–water partition coefficient (Wildman–Crippen LogP) is 5.66. The number of para-hydroxylation sites is 1. The molecule has 2 amide bonds. The molecule has 0 fully saturated rings. The SMILES string of the molecule is O=C(Nc1ccccc1F)N1CCc2ccccc2[C@@H]1c1ccc(Cl)cc1. The van der Waals surface area contributed by atoms with Gasteiger partial charge in [0.1, 0.15) is 5.82 Å². The number of carbonyl (C=O) groups is 1. The van der Waals surface area contributed by atoms with Crippen LogP contribution in [0.4, 0.5) is 14.9 Å². The van der Waals surface area contributed by atoms with Gasteiger partial charge in [-0.1, -0.05) is 60.1 Å². The first-order valence-electron chi connectivity index (χ1n) is 8.79. The lowest BCUT2D eigenvalue weighted by Crippen LogP contribution is -2.43. The van der Waals surface area contributed by atoms with Crippen molar-refractivity contribution < 1.29 is 9.18 Å². The highest BCUT2D eigenvalue weighted by Crippen LogP contribution is 2.36. The number of amides is 2. The highest BCUT2D eigenvalue weighted by molar-refractivity contribution is 6.30. The van der Waals surface area contributed by atoms with Crippen molar-refractivity contribution in [1.29, 1.82) is 0 Å². The minimum Gasteiger partial charge on any atom is -0.313 e. The Morgan fingerprint density at radius 2 is 1.70 bits per heavy atom. The number of benzene rings is 3. The molecule has 1 aliphatic heterocycles. The van der Waals surface area contributed by atoms with Gasteiger partial charge in [0.2, 0.25) is 0 Å². The molecule has 1 atom stereocenters. The molecule has 3 aromatic carbocycles. The first kappa shape index (κ1) is 17.6. The molecule has 0 aromatic heterocycles. The van der Waals surface area contributed by atoms with Gasteiger partial charge >= 0.3 is 6.03 Å². The van der Waals surface area contributed by atoms with E-state index in [1.165, 1.54) is 11.6 Å². The Morgan fingerprint density at radius 3 is 2.48 bits per heavy atom. The molecule has 136 valence electrons. The van der Waals surface area contributed by atoms with Crippen LogP contribution >= 0.6 is 11.6 Å². The van der Waals surface area contributed by atoms with Gasteiger partial charge in [-0.3, -0.25) is 0 Å². The minimum absolute atomic E-state index is 0.177. The molecule has 0 aliphatic carbocycles. The van der Waals surface area contributed by atoms with E-state index in [9.17, 15) is 9.18 Å². The van der Waals surface area contributed by atoms with E-state index in [-0.39, 0.29) is 17.8 Å². The Kier molecular flexibility index (Phi) is 4.82. The van der Waals surface area contributed by atoms with Crippen LogP contribution in [0, 0.1) is 5.82 Å². The number of carbonyl (C=O) groups excluding carboxylic acids is 1. The van der Waals surface area contributed by atoms with Crippen LogP contribution in [0.15, 0.2) is 72.8 Å². The number of fused-ring (bicyclic) bond motifs is 1. The monoisotopic (exact) mass is 380 g/mol. The number of halogens is 2. The summed E-state index contributed by atoms with van der Waals surface area (Å²) in [6.45, 7) is 0.546. The van der Waals surface area contributed by atoms with E-state index in [0.717, 1.165) is 17.5 Å². The quantitative estimate of drug-likeness (QED) is 0.611. The first-order valence-corrected chi connectivity index (χ1v) is 9.17. The third-order valence-corrected chi connectivity index (χ3v) is 5.10. The summed E-state index contributed by atoms with van der Waals surface area (Å²) in [7, 11) is 0. The maximum absolute atomic E-state index is 14.0. The number of urea groups is 1. The van der Waals surface area contributed by atoms with Crippen LogP contribution < -0.4 is 5.32 Å². The maximum atomic E-state index is 14.0. The molecule has 0 saturated heterocycles. The Labute approximate surface area is 162 Å². The van der Waals surface area contributed by atoms with Crippen LogP contribution in [0.3, 0.4) is 0 Å². The second-order valence-corrected chi connectivity index (χ2v) is 6.94. The zero-order chi connectivity index (χ0) is 18.8. The Bertz CT molecular complexity index is 974. The summed E-state index contributed by atoms with van der Waals surface area (Å²) >= 11 is 6.04. The Morgan fingerprint density at radius 1 is 1.00 bits per heavy atom. The fourth-order valence-electron chi connectivity index (χ4n) is 3.54. The topological polar surface area (TPSA) is 32.3 Å². The molecule has 27 heavy (non-hydrogen) atoms. The van der Waals surface area contributed by atoms with E-state index in [0.29, 0.717) is 11.6 Å². The fraction of sp³-hybridized carbons (Fsp3) is 0.136. The Hall–Kier alpha value is -2.85. The van der Waals surface area contributed by atoms with Gasteiger partial charge in [0.15, 0.2) is 0 Å². The highest BCUT2D eigenvalue weighted by Gasteiger charge is 2.32. The van der Waals surface area contributed by atoms with Gasteiger partial charge < -0.3 is 10.2 Å². The molecular formula is C22H18ClFN2O. The molecule has 4 rings (SSSR count). The molecule has 0 spiro atoms. The molecule has 3 nitrogen and oxygen atoms in total. The van der Waals surface area contributed by atoms with Crippen LogP contribution in [0.2, 0.25) is 5.02 Å². The van der Waals surface area contributed by atoms with E-state index >= 15 is 0 Å². The smallest absolute Gasteiger partial charge is 0.313 e. The summed E-state index contributed by atoms with van der Waals surface area (Å²) in [5.74, 6) is -0.452. The van der Waals surface area contributed by atoms with Crippen molar-refractivity contribution in [2.45, 2.75) is 12.5 Å². The van der Waals surface area contributed by atoms with Crippen molar-refractivity contribution in [3.8, 4) is 0 Å². The number of rotatable bonds is 2. The largest absolute Gasteiger partial charge is 0.322 e. The molecule has 0 radical (unpaired) electrons. The zero-order valence-corrected chi connectivity index (χ0v) is 15.3. The maximum Gasteiger partial charge on any atom is 0.322 e. The van der Waals surface area contributed by atoms with Gasteiger partial charge in [-0.25, -0.2) is 9.18 Å². The van der Waals surface area contributed by atoms with Crippen molar-refractivity contribution >= 4 is 23.3 Å². The number of anilines is 1. The van der Waals surface area contributed by atoms with Crippen LogP contribution in [-0.2, 0) is 6.42 Å². The van der Waals surface area contributed by atoms with Gasteiger partial charge in [-0.05, 0) is 47.4 Å². The van der Waals surface area contributed by atoms with E-state index in [1.54, 1.807) is 23.1 Å². The van der Waals surface area contributed by atoms with Gasteiger partial charge in [-0.2, -0.15) is 0 Å². The highest BCUT2D eigenvalue weighted by atomic mass is 35.5. The lowest BCUT2D eigenvalue weighted by molar-refractivity contribution is 0.194. The molecule has 3 aromatic rings. The molecule has 1 N–H and O–H groups in total.